The third kappa shape index (κ3) is 3.59. The standard InChI is InChI=1S/C15H22BrN3O3/c1-9-7-19(10(2)8-20)15(21)12-4-11(16)5-18-14(12)22-13(9)6-17-3/h4-5,9-10,13,17,20H,6-8H2,1-3H3/t9-,10-,13-/m0/s1. The highest BCUT2D eigenvalue weighted by molar-refractivity contribution is 9.10. The van der Waals surface area contributed by atoms with Crippen LogP contribution in [0.25, 0.3) is 0 Å². The van der Waals surface area contributed by atoms with Gasteiger partial charge >= 0.3 is 0 Å². The van der Waals surface area contributed by atoms with Crippen molar-refractivity contribution >= 4 is 21.8 Å². The van der Waals surface area contributed by atoms with Crippen LogP contribution >= 0.6 is 15.9 Å². The molecule has 1 aliphatic rings. The van der Waals surface area contributed by atoms with Crippen LogP contribution in [0.2, 0.25) is 0 Å². The maximum atomic E-state index is 12.8. The van der Waals surface area contributed by atoms with Crippen molar-refractivity contribution in [1.82, 2.24) is 15.2 Å². The Hall–Kier alpha value is -1.18. The van der Waals surface area contributed by atoms with Crippen LogP contribution in [0.5, 0.6) is 5.88 Å². The molecule has 0 spiro atoms. The number of nitrogens with one attached hydrogen (secondary N) is 1. The van der Waals surface area contributed by atoms with Crippen molar-refractivity contribution in [3.8, 4) is 5.88 Å². The molecule has 0 aliphatic carbocycles. The Balaban J connectivity index is 2.45. The molecule has 1 aliphatic heterocycles. The largest absolute Gasteiger partial charge is 0.472 e. The smallest absolute Gasteiger partial charge is 0.259 e. The Bertz CT molecular complexity index is 541. The van der Waals surface area contributed by atoms with E-state index in [-0.39, 0.29) is 30.6 Å². The van der Waals surface area contributed by atoms with Gasteiger partial charge in [-0.05, 0) is 36.0 Å². The molecule has 22 heavy (non-hydrogen) atoms. The van der Waals surface area contributed by atoms with E-state index >= 15 is 0 Å². The van der Waals surface area contributed by atoms with Crippen LogP contribution in [-0.2, 0) is 0 Å². The molecule has 0 aromatic carbocycles. The van der Waals surface area contributed by atoms with E-state index in [4.69, 9.17) is 4.74 Å². The van der Waals surface area contributed by atoms with E-state index in [9.17, 15) is 9.90 Å². The number of amides is 1. The average Bonchev–Trinajstić information content (AvgIpc) is 2.51. The molecular formula is C15H22BrN3O3. The van der Waals surface area contributed by atoms with Gasteiger partial charge in [0, 0.05) is 29.7 Å². The molecule has 7 heteroatoms. The first-order valence-corrected chi connectivity index (χ1v) is 8.15. The fraction of sp³-hybridized carbons (Fsp3) is 0.600. The summed E-state index contributed by atoms with van der Waals surface area (Å²) >= 11 is 3.34. The molecule has 1 amide bonds. The van der Waals surface area contributed by atoms with Gasteiger partial charge in [-0.1, -0.05) is 6.92 Å². The molecule has 0 radical (unpaired) electrons. The topological polar surface area (TPSA) is 74.7 Å². The lowest BCUT2D eigenvalue weighted by Crippen LogP contribution is -2.49. The van der Waals surface area contributed by atoms with Crippen LogP contribution in [-0.4, -0.2) is 59.8 Å². The summed E-state index contributed by atoms with van der Waals surface area (Å²) in [6.45, 7) is 4.99. The van der Waals surface area contributed by atoms with E-state index in [1.54, 1.807) is 17.2 Å². The van der Waals surface area contributed by atoms with Crippen molar-refractivity contribution in [3.05, 3.63) is 22.3 Å². The minimum atomic E-state index is -0.255. The van der Waals surface area contributed by atoms with E-state index in [0.29, 0.717) is 24.5 Å². The molecule has 0 unspecified atom stereocenters. The summed E-state index contributed by atoms with van der Waals surface area (Å²) in [6, 6.07) is 1.46. The van der Waals surface area contributed by atoms with Crippen molar-refractivity contribution in [3.63, 3.8) is 0 Å². The molecule has 1 aromatic rings. The Morgan fingerprint density at radius 3 is 3.00 bits per heavy atom. The number of likely N-dealkylation sites (N-methyl/N-ethyl adjacent to an activating group) is 1. The monoisotopic (exact) mass is 371 g/mol. The summed E-state index contributed by atoms with van der Waals surface area (Å²) in [5.74, 6) is 0.291. The van der Waals surface area contributed by atoms with E-state index in [1.807, 2.05) is 20.9 Å². The van der Waals surface area contributed by atoms with Gasteiger partial charge < -0.3 is 20.1 Å². The van der Waals surface area contributed by atoms with Gasteiger partial charge in [-0.2, -0.15) is 0 Å². The average molecular weight is 372 g/mol. The Labute approximate surface area is 139 Å². The predicted molar refractivity (Wildman–Crippen MR) is 87.0 cm³/mol. The van der Waals surface area contributed by atoms with Gasteiger partial charge in [0.1, 0.15) is 11.7 Å². The molecule has 2 rings (SSSR count). The highest BCUT2D eigenvalue weighted by atomic mass is 79.9. The summed E-state index contributed by atoms with van der Waals surface area (Å²) in [4.78, 5) is 18.8. The van der Waals surface area contributed by atoms with E-state index in [2.05, 4.69) is 26.2 Å². The zero-order valence-corrected chi connectivity index (χ0v) is 14.6. The molecule has 122 valence electrons. The van der Waals surface area contributed by atoms with Crippen LogP contribution in [0, 0.1) is 5.92 Å². The van der Waals surface area contributed by atoms with E-state index < -0.39 is 0 Å². The fourth-order valence-corrected chi connectivity index (χ4v) is 2.85. The van der Waals surface area contributed by atoms with Crippen molar-refractivity contribution < 1.29 is 14.6 Å². The maximum Gasteiger partial charge on any atom is 0.259 e. The lowest BCUT2D eigenvalue weighted by molar-refractivity contribution is 0.0403. The molecule has 0 bridgehead atoms. The van der Waals surface area contributed by atoms with Crippen LogP contribution < -0.4 is 10.1 Å². The molecule has 1 aromatic heterocycles. The van der Waals surface area contributed by atoms with E-state index in [1.165, 1.54) is 0 Å². The SMILES string of the molecule is CNC[C@@H]1Oc2ncc(Br)cc2C(=O)N([C@@H](C)CO)C[C@@H]1C. The van der Waals surface area contributed by atoms with Crippen LogP contribution in [0.3, 0.4) is 0 Å². The van der Waals surface area contributed by atoms with Gasteiger partial charge in [-0.15, -0.1) is 0 Å². The van der Waals surface area contributed by atoms with Gasteiger partial charge in [0.15, 0.2) is 0 Å². The second-order valence-electron chi connectivity index (χ2n) is 5.69. The highest BCUT2D eigenvalue weighted by Gasteiger charge is 2.33. The number of aromatic nitrogens is 1. The number of carbonyl (C=O) groups is 1. The first-order valence-electron chi connectivity index (χ1n) is 7.36. The second-order valence-corrected chi connectivity index (χ2v) is 6.60. The summed E-state index contributed by atoms with van der Waals surface area (Å²) in [5, 5.41) is 12.6. The summed E-state index contributed by atoms with van der Waals surface area (Å²) < 4.78 is 6.69. The number of rotatable bonds is 4. The molecule has 0 fully saturated rings. The Morgan fingerprint density at radius 1 is 1.64 bits per heavy atom. The zero-order chi connectivity index (χ0) is 16.3. The maximum absolute atomic E-state index is 12.8. The Morgan fingerprint density at radius 2 is 2.36 bits per heavy atom. The summed E-state index contributed by atoms with van der Waals surface area (Å²) in [7, 11) is 1.87. The van der Waals surface area contributed by atoms with Gasteiger partial charge in [-0.25, -0.2) is 4.98 Å². The van der Waals surface area contributed by atoms with Gasteiger partial charge in [0.25, 0.3) is 5.91 Å². The number of pyridine rings is 1. The number of hydrogen-bond donors (Lipinski definition) is 2. The highest BCUT2D eigenvalue weighted by Crippen LogP contribution is 2.28. The lowest BCUT2D eigenvalue weighted by atomic mass is 10.0. The number of halogens is 1. The fourth-order valence-electron chi connectivity index (χ4n) is 2.52. The van der Waals surface area contributed by atoms with Crippen molar-refractivity contribution in [1.29, 1.82) is 0 Å². The molecule has 3 atom stereocenters. The quantitative estimate of drug-likeness (QED) is 0.833. The first-order chi connectivity index (χ1) is 10.5. The minimum Gasteiger partial charge on any atom is -0.472 e. The van der Waals surface area contributed by atoms with Gasteiger partial charge in [-0.3, -0.25) is 4.79 Å². The van der Waals surface area contributed by atoms with Gasteiger partial charge in [0.05, 0.1) is 12.6 Å². The molecule has 6 nitrogen and oxygen atoms in total. The third-order valence-electron chi connectivity index (χ3n) is 3.89. The van der Waals surface area contributed by atoms with Gasteiger partial charge in [0.2, 0.25) is 5.88 Å². The number of hydrogen-bond acceptors (Lipinski definition) is 5. The number of carbonyl (C=O) groups excluding carboxylic acids is 1. The second kappa shape index (κ2) is 7.39. The molecule has 2 N–H and O–H groups in total. The molecule has 0 saturated heterocycles. The third-order valence-corrected chi connectivity index (χ3v) is 4.33. The lowest BCUT2D eigenvalue weighted by Gasteiger charge is -2.36. The Kier molecular flexibility index (Phi) is 5.77. The summed E-state index contributed by atoms with van der Waals surface area (Å²) in [5.41, 5.74) is 0.419. The number of fused-ring (bicyclic) bond motifs is 1. The minimum absolute atomic E-state index is 0.0766. The number of aliphatic hydroxyl groups is 1. The van der Waals surface area contributed by atoms with Crippen molar-refractivity contribution in [2.45, 2.75) is 26.0 Å². The number of nitrogens with zero attached hydrogens (tertiary/aromatic N) is 2. The number of aliphatic hydroxyl groups excluding tert-OH is 1. The first kappa shape index (κ1) is 17.2. The normalized spacial score (nSPS) is 23.3. The van der Waals surface area contributed by atoms with Crippen LogP contribution in [0.1, 0.15) is 24.2 Å². The molecule has 2 heterocycles. The summed E-state index contributed by atoms with van der Waals surface area (Å²) in [6.07, 6.45) is 1.52. The van der Waals surface area contributed by atoms with Crippen molar-refractivity contribution in [2.75, 3.05) is 26.7 Å². The van der Waals surface area contributed by atoms with E-state index in [0.717, 1.165) is 4.47 Å². The predicted octanol–water partition coefficient (Wildman–Crippen LogP) is 1.28. The number of ether oxygens (including phenoxy) is 1. The van der Waals surface area contributed by atoms with Crippen molar-refractivity contribution in [2.24, 2.45) is 5.92 Å². The van der Waals surface area contributed by atoms with Crippen LogP contribution in [0.15, 0.2) is 16.7 Å². The molecular weight excluding hydrogens is 350 g/mol. The zero-order valence-electron chi connectivity index (χ0n) is 13.0. The molecule has 0 saturated carbocycles. The van der Waals surface area contributed by atoms with Crippen LogP contribution in [0.4, 0.5) is 0 Å².